The fourth-order valence-electron chi connectivity index (χ4n) is 3.94. The molecule has 2 aromatic carbocycles. The van der Waals surface area contributed by atoms with Crippen LogP contribution in [0.25, 0.3) is 0 Å². The molecule has 3 rings (SSSR count). The molecule has 166 valence electrons. The average Bonchev–Trinajstić information content (AvgIpc) is 2.79. The van der Waals surface area contributed by atoms with Gasteiger partial charge in [0.05, 0.1) is 6.54 Å². The SMILES string of the molecule is CCc1cccc(C(C)C)c1NC(=O)N1CCN(CC(=O)N(C)c2ccccc2)CC1. The first-order valence-corrected chi connectivity index (χ1v) is 11.1. The van der Waals surface area contributed by atoms with Gasteiger partial charge in [0, 0.05) is 44.6 Å². The van der Waals surface area contributed by atoms with Crippen LogP contribution in [0.3, 0.4) is 0 Å². The molecule has 0 aliphatic carbocycles. The number of benzene rings is 2. The van der Waals surface area contributed by atoms with E-state index in [4.69, 9.17) is 0 Å². The van der Waals surface area contributed by atoms with Gasteiger partial charge in [-0.15, -0.1) is 0 Å². The first kappa shape index (κ1) is 22.8. The smallest absolute Gasteiger partial charge is 0.321 e. The van der Waals surface area contributed by atoms with E-state index in [0.29, 0.717) is 38.6 Å². The predicted octanol–water partition coefficient (Wildman–Crippen LogP) is 4.18. The van der Waals surface area contributed by atoms with Crippen molar-refractivity contribution in [2.75, 3.05) is 50.0 Å². The first-order valence-electron chi connectivity index (χ1n) is 11.1. The van der Waals surface area contributed by atoms with E-state index in [1.54, 1.807) is 11.9 Å². The lowest BCUT2D eigenvalue weighted by Crippen LogP contribution is -2.52. The van der Waals surface area contributed by atoms with Gasteiger partial charge in [-0.25, -0.2) is 4.79 Å². The lowest BCUT2D eigenvalue weighted by molar-refractivity contribution is -0.119. The summed E-state index contributed by atoms with van der Waals surface area (Å²) < 4.78 is 0. The first-order chi connectivity index (χ1) is 14.9. The quantitative estimate of drug-likeness (QED) is 0.760. The molecule has 3 amide bonds. The molecule has 0 aromatic heterocycles. The minimum atomic E-state index is -0.0600. The Hall–Kier alpha value is -2.86. The number of rotatable bonds is 6. The second-order valence-electron chi connectivity index (χ2n) is 8.37. The number of carbonyl (C=O) groups excluding carboxylic acids is 2. The summed E-state index contributed by atoms with van der Waals surface area (Å²) in [4.78, 5) is 31.2. The maximum absolute atomic E-state index is 13.0. The number of piperazine rings is 1. The Bertz CT molecular complexity index is 890. The van der Waals surface area contributed by atoms with Crippen LogP contribution in [0.15, 0.2) is 48.5 Å². The Morgan fingerprint density at radius 2 is 1.68 bits per heavy atom. The molecule has 1 aliphatic rings. The third kappa shape index (κ3) is 5.64. The number of hydrogen-bond donors (Lipinski definition) is 1. The van der Waals surface area contributed by atoms with Crippen molar-refractivity contribution in [1.29, 1.82) is 0 Å². The Kier molecular flexibility index (Phi) is 7.69. The highest BCUT2D eigenvalue weighted by Gasteiger charge is 2.25. The molecule has 0 spiro atoms. The monoisotopic (exact) mass is 422 g/mol. The van der Waals surface area contributed by atoms with Gasteiger partial charge in [-0.05, 0) is 35.6 Å². The van der Waals surface area contributed by atoms with Gasteiger partial charge in [0.1, 0.15) is 0 Å². The van der Waals surface area contributed by atoms with Crippen molar-refractivity contribution in [1.82, 2.24) is 9.80 Å². The van der Waals surface area contributed by atoms with E-state index in [1.165, 1.54) is 5.56 Å². The lowest BCUT2D eigenvalue weighted by Gasteiger charge is -2.35. The van der Waals surface area contributed by atoms with Crippen LogP contribution in [0.1, 0.15) is 37.8 Å². The molecule has 1 aliphatic heterocycles. The highest BCUT2D eigenvalue weighted by atomic mass is 16.2. The molecule has 0 saturated carbocycles. The van der Waals surface area contributed by atoms with Crippen LogP contribution in [0.2, 0.25) is 0 Å². The van der Waals surface area contributed by atoms with Gasteiger partial charge >= 0.3 is 6.03 Å². The van der Waals surface area contributed by atoms with Crippen LogP contribution in [-0.4, -0.2) is 61.5 Å². The molecule has 0 unspecified atom stereocenters. The Balaban J connectivity index is 1.55. The third-order valence-electron chi connectivity index (χ3n) is 5.95. The number of aryl methyl sites for hydroxylation is 1. The molecule has 1 heterocycles. The van der Waals surface area contributed by atoms with Gasteiger partial charge in [0.2, 0.25) is 5.91 Å². The molecule has 1 N–H and O–H groups in total. The van der Waals surface area contributed by atoms with Gasteiger partial charge in [0.25, 0.3) is 0 Å². The molecule has 0 radical (unpaired) electrons. The van der Waals surface area contributed by atoms with Crippen molar-refractivity contribution in [3.05, 3.63) is 59.7 Å². The van der Waals surface area contributed by atoms with Crippen LogP contribution < -0.4 is 10.2 Å². The molecular formula is C25H34N4O2. The summed E-state index contributed by atoms with van der Waals surface area (Å²) in [5, 5.41) is 3.17. The zero-order valence-electron chi connectivity index (χ0n) is 19.1. The number of para-hydroxylation sites is 2. The molecule has 1 saturated heterocycles. The number of hydrogen-bond acceptors (Lipinski definition) is 3. The van der Waals surface area contributed by atoms with E-state index < -0.39 is 0 Å². The van der Waals surface area contributed by atoms with E-state index in [1.807, 2.05) is 35.2 Å². The highest BCUT2D eigenvalue weighted by Crippen LogP contribution is 2.28. The van der Waals surface area contributed by atoms with Crippen molar-refractivity contribution in [2.24, 2.45) is 0 Å². The number of carbonyl (C=O) groups is 2. The van der Waals surface area contributed by atoms with Gasteiger partial charge in [-0.3, -0.25) is 9.69 Å². The van der Waals surface area contributed by atoms with Crippen molar-refractivity contribution < 1.29 is 9.59 Å². The van der Waals surface area contributed by atoms with Crippen molar-refractivity contribution in [3.8, 4) is 0 Å². The van der Waals surface area contributed by atoms with E-state index in [0.717, 1.165) is 23.4 Å². The number of urea groups is 1. The van der Waals surface area contributed by atoms with Gasteiger partial charge in [-0.2, -0.15) is 0 Å². The molecule has 1 fully saturated rings. The Morgan fingerprint density at radius 3 is 2.29 bits per heavy atom. The third-order valence-corrected chi connectivity index (χ3v) is 5.95. The van der Waals surface area contributed by atoms with Crippen molar-refractivity contribution >= 4 is 23.3 Å². The summed E-state index contributed by atoms with van der Waals surface area (Å²) in [6.07, 6.45) is 0.876. The normalized spacial score (nSPS) is 14.5. The van der Waals surface area contributed by atoms with Crippen LogP contribution in [0, 0.1) is 0 Å². The molecule has 0 bridgehead atoms. The maximum Gasteiger partial charge on any atom is 0.321 e. The molecule has 6 nitrogen and oxygen atoms in total. The van der Waals surface area contributed by atoms with E-state index >= 15 is 0 Å². The van der Waals surface area contributed by atoms with E-state index in [9.17, 15) is 9.59 Å². The number of amides is 3. The summed E-state index contributed by atoms with van der Waals surface area (Å²) in [6, 6.07) is 15.8. The summed E-state index contributed by atoms with van der Waals surface area (Å²) in [5.41, 5.74) is 4.17. The number of nitrogens with zero attached hydrogens (tertiary/aromatic N) is 3. The fourth-order valence-corrected chi connectivity index (χ4v) is 3.94. The standard InChI is InChI=1S/C25H34N4O2/c1-5-20-10-9-13-22(19(2)3)24(20)26-25(31)29-16-14-28(15-17-29)18-23(30)27(4)21-11-7-6-8-12-21/h6-13,19H,5,14-18H2,1-4H3,(H,26,31). The van der Waals surface area contributed by atoms with Gasteiger partial charge in [-0.1, -0.05) is 57.2 Å². The molecule has 0 atom stereocenters. The van der Waals surface area contributed by atoms with Gasteiger partial charge < -0.3 is 15.1 Å². The second-order valence-corrected chi connectivity index (χ2v) is 8.37. The summed E-state index contributed by atoms with van der Waals surface area (Å²) in [7, 11) is 1.80. The number of likely N-dealkylation sites (N-methyl/N-ethyl adjacent to an activating group) is 1. The average molecular weight is 423 g/mol. The number of anilines is 2. The Morgan fingerprint density at radius 1 is 1.00 bits per heavy atom. The van der Waals surface area contributed by atoms with Crippen LogP contribution >= 0.6 is 0 Å². The van der Waals surface area contributed by atoms with Crippen molar-refractivity contribution in [3.63, 3.8) is 0 Å². The van der Waals surface area contributed by atoms with Crippen molar-refractivity contribution in [2.45, 2.75) is 33.1 Å². The van der Waals surface area contributed by atoms with Crippen LogP contribution in [-0.2, 0) is 11.2 Å². The molecule has 6 heteroatoms. The Labute approximate surface area is 185 Å². The van der Waals surface area contributed by atoms with E-state index in [-0.39, 0.29) is 11.9 Å². The zero-order valence-corrected chi connectivity index (χ0v) is 19.1. The molecule has 2 aromatic rings. The second kappa shape index (κ2) is 10.4. The minimum absolute atomic E-state index is 0.0579. The van der Waals surface area contributed by atoms with Gasteiger partial charge in [0.15, 0.2) is 0 Å². The van der Waals surface area contributed by atoms with E-state index in [2.05, 4.69) is 49.2 Å². The summed E-state index contributed by atoms with van der Waals surface area (Å²) in [6.45, 7) is 9.36. The molecule has 31 heavy (non-hydrogen) atoms. The van der Waals surface area contributed by atoms with Crippen LogP contribution in [0.4, 0.5) is 16.2 Å². The molecular weight excluding hydrogens is 388 g/mol. The fraction of sp³-hybridized carbons (Fsp3) is 0.440. The largest absolute Gasteiger partial charge is 0.322 e. The highest BCUT2D eigenvalue weighted by molar-refractivity contribution is 5.94. The summed E-state index contributed by atoms with van der Waals surface area (Å²) >= 11 is 0. The topological polar surface area (TPSA) is 55.9 Å². The predicted molar refractivity (Wildman–Crippen MR) is 127 cm³/mol. The maximum atomic E-state index is 13.0. The minimum Gasteiger partial charge on any atom is -0.322 e. The zero-order chi connectivity index (χ0) is 22.4. The summed E-state index contributed by atoms with van der Waals surface area (Å²) in [5.74, 6) is 0.397. The lowest BCUT2D eigenvalue weighted by atomic mass is 9.96. The number of nitrogens with one attached hydrogen (secondary N) is 1. The van der Waals surface area contributed by atoms with Crippen LogP contribution in [0.5, 0.6) is 0 Å².